The highest BCUT2D eigenvalue weighted by Crippen LogP contribution is 2.29. The molecule has 7 nitrogen and oxygen atoms in total. The van der Waals surface area contributed by atoms with E-state index in [0.29, 0.717) is 23.0 Å². The number of carbonyl (C=O) groups excluding carboxylic acids is 2. The summed E-state index contributed by atoms with van der Waals surface area (Å²) in [7, 11) is 0. The van der Waals surface area contributed by atoms with Gasteiger partial charge in [-0.3, -0.25) is 9.59 Å². The van der Waals surface area contributed by atoms with Crippen LogP contribution in [0.5, 0.6) is 0 Å². The van der Waals surface area contributed by atoms with Crippen LogP contribution in [0.2, 0.25) is 0 Å². The highest BCUT2D eigenvalue weighted by molar-refractivity contribution is 8.01. The van der Waals surface area contributed by atoms with Gasteiger partial charge in [-0.2, -0.15) is 0 Å². The molecule has 0 saturated carbocycles. The predicted molar refractivity (Wildman–Crippen MR) is 131 cm³/mol. The van der Waals surface area contributed by atoms with Crippen LogP contribution in [-0.2, 0) is 11.3 Å². The number of hydrogen-bond acceptors (Lipinski definition) is 4. The second-order valence-corrected chi connectivity index (χ2v) is 8.48. The van der Waals surface area contributed by atoms with Crippen molar-refractivity contribution in [2.45, 2.75) is 18.6 Å². The molecular formula is C25H21N5O2S. The zero-order chi connectivity index (χ0) is 22.8. The molecule has 8 heteroatoms. The first-order valence-corrected chi connectivity index (χ1v) is 11.2. The van der Waals surface area contributed by atoms with E-state index >= 15 is 0 Å². The van der Waals surface area contributed by atoms with Gasteiger partial charge < -0.3 is 15.3 Å². The Labute approximate surface area is 194 Å². The average Bonchev–Trinajstić information content (AvgIpc) is 3.47. The Kier molecular flexibility index (Phi) is 5.58. The molecule has 5 aromatic rings. The van der Waals surface area contributed by atoms with Gasteiger partial charge in [0.1, 0.15) is 0 Å². The lowest BCUT2D eigenvalue weighted by atomic mass is 10.1. The second-order valence-electron chi connectivity index (χ2n) is 7.55. The third-order valence-electron chi connectivity index (χ3n) is 5.32. The number of aromatic amines is 2. The molecular weight excluding hydrogens is 434 g/mol. The lowest BCUT2D eigenvalue weighted by molar-refractivity contribution is -0.115. The Bertz CT molecular complexity index is 1420. The number of rotatable bonds is 6. The zero-order valence-electron chi connectivity index (χ0n) is 17.8. The van der Waals surface area contributed by atoms with E-state index in [0.717, 1.165) is 27.5 Å². The minimum atomic E-state index is -0.173. The van der Waals surface area contributed by atoms with Crippen LogP contribution in [0.15, 0.2) is 84.1 Å². The molecule has 0 unspecified atom stereocenters. The van der Waals surface area contributed by atoms with Crippen molar-refractivity contribution < 1.29 is 9.59 Å². The molecule has 0 aliphatic rings. The van der Waals surface area contributed by atoms with E-state index in [9.17, 15) is 9.59 Å². The Morgan fingerprint density at radius 2 is 1.76 bits per heavy atom. The molecule has 0 radical (unpaired) electrons. The van der Waals surface area contributed by atoms with E-state index in [4.69, 9.17) is 0 Å². The summed E-state index contributed by atoms with van der Waals surface area (Å²) < 4.78 is 1.55. The lowest BCUT2D eigenvalue weighted by Gasteiger charge is -2.18. The summed E-state index contributed by atoms with van der Waals surface area (Å²) in [6.45, 7) is 1.93. The van der Waals surface area contributed by atoms with Crippen LogP contribution >= 0.6 is 11.9 Å². The Hall–Kier alpha value is -4.04. The van der Waals surface area contributed by atoms with Crippen molar-refractivity contribution in [2.75, 3.05) is 4.31 Å². The number of aromatic nitrogens is 3. The number of benzene rings is 3. The van der Waals surface area contributed by atoms with E-state index in [1.807, 2.05) is 54.7 Å². The van der Waals surface area contributed by atoms with Gasteiger partial charge in [-0.25, -0.2) is 9.29 Å². The average molecular weight is 456 g/mol. The highest BCUT2D eigenvalue weighted by Gasteiger charge is 2.17. The number of fused-ring (bicyclic) bond motifs is 2. The van der Waals surface area contributed by atoms with Crippen molar-refractivity contribution >= 4 is 51.4 Å². The largest absolute Gasteiger partial charge is 0.361 e. The molecule has 0 saturated heterocycles. The number of H-pyrrole nitrogens is 2. The van der Waals surface area contributed by atoms with Crippen LogP contribution in [0.1, 0.15) is 22.8 Å². The molecule has 33 heavy (non-hydrogen) atoms. The standard InChI is InChI=1S/C25H21N5O2S/c1-16(31)30(33-25-28-22-6-2-3-7-23(22)29-25)19-11-9-17(10-12-19)24(32)27-15-18-5-4-8-21-20(18)13-14-26-21/h2-14,26H,15H2,1H3,(H,27,32)(H,28,29). The summed E-state index contributed by atoms with van der Waals surface area (Å²) in [5.41, 5.74) is 5.02. The van der Waals surface area contributed by atoms with Crippen LogP contribution in [0.3, 0.4) is 0 Å². The van der Waals surface area contributed by atoms with Gasteiger partial charge in [-0.1, -0.05) is 24.3 Å². The topological polar surface area (TPSA) is 93.9 Å². The van der Waals surface area contributed by atoms with Crippen molar-refractivity contribution in [1.82, 2.24) is 20.3 Å². The van der Waals surface area contributed by atoms with Crippen LogP contribution < -0.4 is 9.62 Å². The number of nitrogens with one attached hydrogen (secondary N) is 3. The molecule has 3 aromatic carbocycles. The molecule has 0 atom stereocenters. The number of amides is 2. The van der Waals surface area contributed by atoms with Gasteiger partial charge >= 0.3 is 0 Å². The first-order chi connectivity index (χ1) is 16.1. The maximum atomic E-state index is 12.7. The predicted octanol–water partition coefficient (Wildman–Crippen LogP) is 5.03. The molecule has 5 rings (SSSR count). The first kappa shape index (κ1) is 20.8. The van der Waals surface area contributed by atoms with E-state index in [-0.39, 0.29) is 11.8 Å². The second kappa shape index (κ2) is 8.84. The van der Waals surface area contributed by atoms with Gasteiger partial charge in [0.05, 0.1) is 16.7 Å². The van der Waals surface area contributed by atoms with Crippen LogP contribution in [0.4, 0.5) is 5.69 Å². The molecule has 0 aliphatic carbocycles. The smallest absolute Gasteiger partial charge is 0.251 e. The Morgan fingerprint density at radius 1 is 0.970 bits per heavy atom. The SMILES string of the molecule is CC(=O)N(Sc1nc2ccccc2[nH]1)c1ccc(C(=O)NCc2cccc3[nH]ccc23)cc1. The number of para-hydroxylation sites is 2. The maximum Gasteiger partial charge on any atom is 0.251 e. The highest BCUT2D eigenvalue weighted by atomic mass is 32.2. The zero-order valence-corrected chi connectivity index (χ0v) is 18.6. The summed E-state index contributed by atoms with van der Waals surface area (Å²) in [5, 5.41) is 4.68. The summed E-state index contributed by atoms with van der Waals surface area (Å²) >= 11 is 1.21. The molecule has 0 spiro atoms. The Morgan fingerprint density at radius 3 is 2.55 bits per heavy atom. The summed E-state index contributed by atoms with van der Waals surface area (Å²) in [4.78, 5) is 35.9. The molecule has 3 N–H and O–H groups in total. The van der Waals surface area contributed by atoms with Gasteiger partial charge in [0.25, 0.3) is 5.91 Å². The van der Waals surface area contributed by atoms with Crippen molar-refractivity contribution in [3.05, 3.63) is 90.1 Å². The van der Waals surface area contributed by atoms with Crippen molar-refractivity contribution in [1.29, 1.82) is 0 Å². The maximum absolute atomic E-state index is 12.7. The van der Waals surface area contributed by atoms with Gasteiger partial charge in [0.2, 0.25) is 5.91 Å². The molecule has 0 bridgehead atoms. The quantitative estimate of drug-likeness (QED) is 0.313. The van der Waals surface area contributed by atoms with E-state index in [2.05, 4.69) is 20.3 Å². The van der Waals surface area contributed by atoms with Crippen molar-refractivity contribution in [3.8, 4) is 0 Å². The van der Waals surface area contributed by atoms with Crippen molar-refractivity contribution in [3.63, 3.8) is 0 Å². The van der Waals surface area contributed by atoms with E-state index < -0.39 is 0 Å². The van der Waals surface area contributed by atoms with Crippen LogP contribution in [0, 0.1) is 0 Å². The number of nitrogens with zero attached hydrogens (tertiary/aromatic N) is 2. The summed E-state index contributed by atoms with van der Waals surface area (Å²) in [6, 6.07) is 22.6. The number of imidazole rings is 1. The number of carbonyl (C=O) groups is 2. The Balaban J connectivity index is 1.29. The van der Waals surface area contributed by atoms with E-state index in [1.54, 1.807) is 28.6 Å². The van der Waals surface area contributed by atoms with Gasteiger partial charge in [-0.05, 0) is 54.1 Å². The normalized spacial score (nSPS) is 11.1. The molecule has 164 valence electrons. The fourth-order valence-corrected chi connectivity index (χ4v) is 4.51. The first-order valence-electron chi connectivity index (χ1n) is 10.4. The molecule has 2 amide bonds. The van der Waals surface area contributed by atoms with E-state index in [1.165, 1.54) is 18.9 Å². The number of hydrogen-bond donors (Lipinski definition) is 3. The molecule has 2 heterocycles. The van der Waals surface area contributed by atoms with Crippen LogP contribution in [0.25, 0.3) is 21.9 Å². The fourth-order valence-electron chi connectivity index (χ4n) is 3.69. The van der Waals surface area contributed by atoms with Crippen molar-refractivity contribution in [2.24, 2.45) is 0 Å². The van der Waals surface area contributed by atoms with Gasteiger partial charge in [0, 0.05) is 48.1 Å². The monoisotopic (exact) mass is 455 g/mol. The molecule has 0 fully saturated rings. The third kappa shape index (κ3) is 4.33. The van der Waals surface area contributed by atoms with Gasteiger partial charge in [-0.15, -0.1) is 0 Å². The van der Waals surface area contributed by atoms with Gasteiger partial charge in [0.15, 0.2) is 5.16 Å². The summed E-state index contributed by atoms with van der Waals surface area (Å²) in [6.07, 6.45) is 1.89. The molecule has 2 aromatic heterocycles. The molecule has 0 aliphatic heterocycles. The minimum absolute atomic E-state index is 0.141. The lowest BCUT2D eigenvalue weighted by Crippen LogP contribution is -2.23. The number of anilines is 1. The fraction of sp³-hybridized carbons (Fsp3) is 0.0800. The third-order valence-corrected chi connectivity index (χ3v) is 6.34. The minimum Gasteiger partial charge on any atom is -0.361 e. The summed E-state index contributed by atoms with van der Waals surface area (Å²) in [5.74, 6) is -0.314. The van der Waals surface area contributed by atoms with Crippen LogP contribution in [-0.4, -0.2) is 26.8 Å².